The number of benzene rings is 2. The summed E-state index contributed by atoms with van der Waals surface area (Å²) in [5.41, 5.74) is 4.34. The highest BCUT2D eigenvalue weighted by Crippen LogP contribution is 2.33. The summed E-state index contributed by atoms with van der Waals surface area (Å²) < 4.78 is 10.9. The smallest absolute Gasteiger partial charge is 0.231 e. The fraction of sp³-hybridized carbons (Fsp3) is 0.440. The summed E-state index contributed by atoms with van der Waals surface area (Å²) >= 11 is 0. The topological polar surface area (TPSA) is 62.3 Å². The number of amides is 2. The quantitative estimate of drug-likeness (QED) is 0.739. The van der Waals surface area contributed by atoms with Gasteiger partial charge in [-0.1, -0.05) is 23.8 Å². The van der Waals surface area contributed by atoms with Crippen molar-refractivity contribution in [3.05, 3.63) is 53.1 Å². The van der Waals surface area contributed by atoms with Gasteiger partial charge in [0.2, 0.25) is 18.6 Å². The number of carbonyl (C=O) groups is 2. The third kappa shape index (κ3) is 4.05. The third-order valence-corrected chi connectivity index (χ3v) is 6.64. The SMILES string of the molecule is Cc1ccc(N2CC(C(=O)N3CCN(Cc4ccc5c(c4)OCO5)CC3)CC2=O)c(C)c1. The lowest BCUT2D eigenvalue weighted by atomic mass is 10.1. The minimum Gasteiger partial charge on any atom is -0.454 e. The number of fused-ring (bicyclic) bond motifs is 1. The summed E-state index contributed by atoms with van der Waals surface area (Å²) in [4.78, 5) is 31.9. The van der Waals surface area contributed by atoms with Crippen LogP contribution in [0, 0.1) is 19.8 Å². The van der Waals surface area contributed by atoms with Crippen LogP contribution in [0.5, 0.6) is 11.5 Å². The molecule has 0 radical (unpaired) electrons. The predicted molar refractivity (Wildman–Crippen MR) is 121 cm³/mol. The Morgan fingerprint density at radius 3 is 2.56 bits per heavy atom. The van der Waals surface area contributed by atoms with Gasteiger partial charge in [-0.05, 0) is 43.2 Å². The molecule has 2 saturated heterocycles. The van der Waals surface area contributed by atoms with E-state index in [9.17, 15) is 9.59 Å². The van der Waals surface area contributed by atoms with Gasteiger partial charge in [0, 0.05) is 51.4 Å². The highest BCUT2D eigenvalue weighted by Gasteiger charge is 2.38. The number of nitrogens with zero attached hydrogens (tertiary/aromatic N) is 3. The Kier molecular flexibility index (Phi) is 5.51. The van der Waals surface area contributed by atoms with E-state index >= 15 is 0 Å². The first-order chi connectivity index (χ1) is 15.5. The van der Waals surface area contributed by atoms with Crippen LogP contribution in [0.4, 0.5) is 5.69 Å². The summed E-state index contributed by atoms with van der Waals surface area (Å²) in [5, 5.41) is 0. The number of aryl methyl sites for hydroxylation is 2. The lowest BCUT2D eigenvalue weighted by Gasteiger charge is -2.36. The molecule has 2 fully saturated rings. The third-order valence-electron chi connectivity index (χ3n) is 6.64. The molecule has 3 aliphatic heterocycles. The standard InChI is InChI=1S/C25H29N3O4/c1-17-3-5-21(18(2)11-17)28-15-20(13-24(28)29)25(30)27-9-7-26(8-10-27)14-19-4-6-22-23(12-19)32-16-31-22/h3-6,11-12,20H,7-10,13-16H2,1-2H3. The Bertz CT molecular complexity index is 1050. The predicted octanol–water partition coefficient (Wildman–Crippen LogP) is 2.73. The van der Waals surface area contributed by atoms with Crippen LogP contribution in [0.3, 0.4) is 0 Å². The maximum Gasteiger partial charge on any atom is 0.231 e. The maximum absolute atomic E-state index is 13.2. The van der Waals surface area contributed by atoms with E-state index in [-0.39, 0.29) is 24.5 Å². The fourth-order valence-corrected chi connectivity index (χ4v) is 4.90. The average molecular weight is 436 g/mol. The van der Waals surface area contributed by atoms with Crippen molar-refractivity contribution < 1.29 is 19.1 Å². The zero-order valence-electron chi connectivity index (χ0n) is 18.7. The Morgan fingerprint density at radius 1 is 1.00 bits per heavy atom. The van der Waals surface area contributed by atoms with Crippen LogP contribution in [0.1, 0.15) is 23.1 Å². The lowest BCUT2D eigenvalue weighted by Crippen LogP contribution is -2.50. The van der Waals surface area contributed by atoms with Crippen molar-refractivity contribution in [3.63, 3.8) is 0 Å². The number of hydrogen-bond donors (Lipinski definition) is 0. The second kappa shape index (κ2) is 8.47. The number of piperazine rings is 1. The zero-order chi connectivity index (χ0) is 22.2. The monoisotopic (exact) mass is 435 g/mol. The molecule has 0 saturated carbocycles. The summed E-state index contributed by atoms with van der Waals surface area (Å²) in [6, 6.07) is 12.1. The van der Waals surface area contributed by atoms with Crippen LogP contribution >= 0.6 is 0 Å². The molecule has 1 atom stereocenters. The van der Waals surface area contributed by atoms with Crippen LogP contribution in [0.15, 0.2) is 36.4 Å². The van der Waals surface area contributed by atoms with Crippen molar-refractivity contribution in [2.75, 3.05) is 44.4 Å². The van der Waals surface area contributed by atoms with Crippen molar-refractivity contribution >= 4 is 17.5 Å². The highest BCUT2D eigenvalue weighted by molar-refractivity contribution is 6.00. The molecule has 5 rings (SSSR count). The van der Waals surface area contributed by atoms with E-state index in [1.54, 1.807) is 4.90 Å². The molecule has 1 unspecified atom stereocenters. The zero-order valence-corrected chi connectivity index (χ0v) is 18.7. The van der Waals surface area contributed by atoms with E-state index in [0.29, 0.717) is 26.1 Å². The Balaban J connectivity index is 1.16. The van der Waals surface area contributed by atoms with Crippen LogP contribution in [0.2, 0.25) is 0 Å². The van der Waals surface area contributed by atoms with Crippen LogP contribution in [0.25, 0.3) is 0 Å². The molecule has 2 amide bonds. The van der Waals surface area contributed by atoms with E-state index in [2.05, 4.69) is 17.0 Å². The molecule has 2 aromatic rings. The molecule has 0 bridgehead atoms. The van der Waals surface area contributed by atoms with Crippen LogP contribution in [-0.2, 0) is 16.1 Å². The number of rotatable bonds is 4. The second-order valence-corrected chi connectivity index (χ2v) is 8.98. The van der Waals surface area contributed by atoms with E-state index in [1.807, 2.05) is 43.0 Å². The van der Waals surface area contributed by atoms with E-state index in [4.69, 9.17) is 9.47 Å². The molecule has 3 heterocycles. The summed E-state index contributed by atoms with van der Waals surface area (Å²) in [5.74, 6) is 1.48. The molecule has 0 aliphatic carbocycles. The van der Waals surface area contributed by atoms with E-state index in [0.717, 1.165) is 42.4 Å². The van der Waals surface area contributed by atoms with Gasteiger partial charge in [0.1, 0.15) is 0 Å². The number of carbonyl (C=O) groups excluding carboxylic acids is 2. The molecular formula is C25H29N3O4. The number of hydrogen-bond acceptors (Lipinski definition) is 5. The van der Waals surface area contributed by atoms with Gasteiger partial charge in [-0.3, -0.25) is 14.5 Å². The summed E-state index contributed by atoms with van der Waals surface area (Å²) in [6.07, 6.45) is 0.295. The largest absolute Gasteiger partial charge is 0.454 e. The van der Waals surface area contributed by atoms with Gasteiger partial charge < -0.3 is 19.3 Å². The van der Waals surface area contributed by atoms with Gasteiger partial charge in [-0.2, -0.15) is 0 Å². The Hall–Kier alpha value is -3.06. The van der Waals surface area contributed by atoms with Gasteiger partial charge in [0.25, 0.3) is 0 Å². The molecule has 3 aliphatic rings. The van der Waals surface area contributed by atoms with Crippen molar-refractivity contribution in [2.45, 2.75) is 26.8 Å². The van der Waals surface area contributed by atoms with Gasteiger partial charge >= 0.3 is 0 Å². The maximum atomic E-state index is 13.2. The molecule has 7 heteroatoms. The van der Waals surface area contributed by atoms with Crippen molar-refractivity contribution in [2.24, 2.45) is 5.92 Å². The Labute approximate surface area is 188 Å². The number of anilines is 1. The van der Waals surface area contributed by atoms with Crippen LogP contribution < -0.4 is 14.4 Å². The van der Waals surface area contributed by atoms with Gasteiger partial charge in [-0.25, -0.2) is 0 Å². The molecule has 168 valence electrons. The first-order valence-corrected chi connectivity index (χ1v) is 11.3. The second-order valence-electron chi connectivity index (χ2n) is 8.98. The fourth-order valence-electron chi connectivity index (χ4n) is 4.90. The van der Waals surface area contributed by atoms with Crippen molar-refractivity contribution in [1.82, 2.24) is 9.80 Å². The van der Waals surface area contributed by atoms with Crippen molar-refractivity contribution in [1.29, 1.82) is 0 Å². The lowest BCUT2D eigenvalue weighted by molar-refractivity contribution is -0.137. The number of ether oxygens (including phenoxy) is 2. The molecule has 0 aromatic heterocycles. The first kappa shape index (κ1) is 20.8. The normalized spacial score (nSPS) is 20.8. The minimum absolute atomic E-state index is 0.0387. The van der Waals surface area contributed by atoms with E-state index < -0.39 is 0 Å². The Morgan fingerprint density at radius 2 is 1.78 bits per heavy atom. The summed E-state index contributed by atoms with van der Waals surface area (Å²) in [7, 11) is 0. The molecule has 32 heavy (non-hydrogen) atoms. The highest BCUT2D eigenvalue weighted by atomic mass is 16.7. The molecule has 2 aromatic carbocycles. The van der Waals surface area contributed by atoms with Gasteiger partial charge in [0.05, 0.1) is 5.92 Å². The van der Waals surface area contributed by atoms with Crippen LogP contribution in [-0.4, -0.2) is 61.1 Å². The average Bonchev–Trinajstić information content (AvgIpc) is 3.40. The molecule has 0 spiro atoms. The minimum atomic E-state index is -0.261. The molecule has 0 N–H and O–H groups in total. The summed E-state index contributed by atoms with van der Waals surface area (Å²) in [6.45, 7) is 8.66. The molecular weight excluding hydrogens is 406 g/mol. The first-order valence-electron chi connectivity index (χ1n) is 11.3. The van der Waals surface area contributed by atoms with Gasteiger partial charge in [-0.15, -0.1) is 0 Å². The molecule has 7 nitrogen and oxygen atoms in total. The van der Waals surface area contributed by atoms with E-state index in [1.165, 1.54) is 11.1 Å². The van der Waals surface area contributed by atoms with Crippen molar-refractivity contribution in [3.8, 4) is 11.5 Å². The van der Waals surface area contributed by atoms with Gasteiger partial charge in [0.15, 0.2) is 11.5 Å².